The first-order valence-corrected chi connectivity index (χ1v) is 10.8. The molecule has 0 radical (unpaired) electrons. The number of hydrogen-bond donors (Lipinski definition) is 1. The molecule has 0 saturated carbocycles. The predicted octanol–water partition coefficient (Wildman–Crippen LogP) is 4.10. The average Bonchev–Trinajstić information content (AvgIpc) is 2.68. The molecule has 2 rings (SSSR count). The molecule has 0 fully saturated rings. The van der Waals surface area contributed by atoms with Gasteiger partial charge in [-0.2, -0.15) is 4.31 Å². The minimum absolute atomic E-state index is 0.0669. The quantitative estimate of drug-likeness (QED) is 0.719. The van der Waals surface area contributed by atoms with Crippen LogP contribution in [0.1, 0.15) is 49.5 Å². The lowest BCUT2D eigenvalue weighted by molar-refractivity contribution is 0.102. The topological polar surface area (TPSA) is 75.7 Å². The molecule has 0 aliphatic rings. The van der Waals surface area contributed by atoms with Gasteiger partial charge in [0, 0.05) is 18.8 Å². The molecule has 0 atom stereocenters. The maximum Gasteiger partial charge on any atom is 0.259 e. The number of carbonyl (C=O) groups excluding carboxylic acids is 1. The highest BCUT2D eigenvalue weighted by atomic mass is 32.2. The van der Waals surface area contributed by atoms with Gasteiger partial charge in [0.2, 0.25) is 10.0 Å². The second-order valence-electron chi connectivity index (χ2n) is 6.68. The molecule has 0 saturated heterocycles. The molecule has 0 bridgehead atoms. The van der Waals surface area contributed by atoms with Crippen LogP contribution in [0.3, 0.4) is 0 Å². The zero-order chi connectivity index (χ0) is 20.9. The van der Waals surface area contributed by atoms with Gasteiger partial charge in [0.25, 0.3) is 5.91 Å². The molecule has 0 heterocycles. The van der Waals surface area contributed by atoms with Gasteiger partial charge in [-0.15, -0.1) is 0 Å². The van der Waals surface area contributed by atoms with Crippen molar-refractivity contribution >= 4 is 21.6 Å². The molecule has 0 aliphatic carbocycles. The number of amides is 1. The largest absolute Gasteiger partial charge is 0.496 e. The summed E-state index contributed by atoms with van der Waals surface area (Å²) < 4.78 is 32.2. The SMILES string of the molecule is CCN(CC)S(=O)(=O)c1ccc(OC)c(C(=O)Nc2ccc(C(C)C)cc2)c1. The van der Waals surface area contributed by atoms with Gasteiger partial charge in [0.05, 0.1) is 17.6 Å². The van der Waals surface area contributed by atoms with E-state index in [1.54, 1.807) is 13.8 Å². The first-order chi connectivity index (χ1) is 13.2. The Morgan fingerprint density at radius 1 is 1.07 bits per heavy atom. The van der Waals surface area contributed by atoms with Gasteiger partial charge in [0.1, 0.15) is 5.75 Å². The van der Waals surface area contributed by atoms with Crippen molar-refractivity contribution in [3.05, 3.63) is 53.6 Å². The van der Waals surface area contributed by atoms with E-state index in [9.17, 15) is 13.2 Å². The van der Waals surface area contributed by atoms with Crippen LogP contribution in [0.2, 0.25) is 0 Å². The van der Waals surface area contributed by atoms with E-state index in [-0.39, 0.29) is 10.5 Å². The van der Waals surface area contributed by atoms with E-state index in [0.717, 1.165) is 0 Å². The van der Waals surface area contributed by atoms with Crippen LogP contribution in [0.4, 0.5) is 5.69 Å². The van der Waals surface area contributed by atoms with Crippen molar-refractivity contribution in [1.29, 1.82) is 0 Å². The van der Waals surface area contributed by atoms with Crippen LogP contribution in [0, 0.1) is 0 Å². The van der Waals surface area contributed by atoms with Crippen LogP contribution in [0.25, 0.3) is 0 Å². The molecule has 2 aromatic rings. The molecule has 2 aromatic carbocycles. The molecule has 0 aromatic heterocycles. The van der Waals surface area contributed by atoms with Crippen molar-refractivity contribution in [1.82, 2.24) is 4.31 Å². The summed E-state index contributed by atoms with van der Waals surface area (Å²) in [7, 11) is -2.23. The van der Waals surface area contributed by atoms with Crippen LogP contribution >= 0.6 is 0 Å². The standard InChI is InChI=1S/C21H28N2O4S/c1-6-23(7-2)28(25,26)18-12-13-20(27-5)19(14-18)21(24)22-17-10-8-16(9-11-17)15(3)4/h8-15H,6-7H2,1-5H3,(H,22,24). The monoisotopic (exact) mass is 404 g/mol. The second-order valence-corrected chi connectivity index (χ2v) is 8.62. The number of benzene rings is 2. The maximum atomic E-state index is 12.8. The summed E-state index contributed by atoms with van der Waals surface area (Å²) >= 11 is 0. The first kappa shape index (κ1) is 21.9. The van der Waals surface area contributed by atoms with Crippen LogP contribution in [0.5, 0.6) is 5.75 Å². The fourth-order valence-electron chi connectivity index (χ4n) is 2.89. The van der Waals surface area contributed by atoms with Crippen molar-refractivity contribution in [2.45, 2.75) is 38.5 Å². The Morgan fingerprint density at radius 2 is 1.68 bits per heavy atom. The number of nitrogens with zero attached hydrogens (tertiary/aromatic N) is 1. The number of anilines is 1. The molecule has 6 nitrogen and oxygen atoms in total. The summed E-state index contributed by atoms with van der Waals surface area (Å²) in [5.74, 6) is 0.285. The van der Waals surface area contributed by atoms with E-state index in [1.807, 2.05) is 24.3 Å². The Labute approximate surface area is 167 Å². The van der Waals surface area contributed by atoms with Crippen LogP contribution < -0.4 is 10.1 Å². The number of hydrogen-bond acceptors (Lipinski definition) is 4. The number of methoxy groups -OCH3 is 1. The zero-order valence-electron chi connectivity index (χ0n) is 17.0. The zero-order valence-corrected chi connectivity index (χ0v) is 17.8. The van der Waals surface area contributed by atoms with E-state index in [0.29, 0.717) is 30.4 Å². The molecule has 1 amide bonds. The van der Waals surface area contributed by atoms with Crippen molar-refractivity contribution in [3.8, 4) is 5.75 Å². The van der Waals surface area contributed by atoms with Crippen LogP contribution in [-0.4, -0.2) is 38.8 Å². The Hall–Kier alpha value is -2.38. The van der Waals surface area contributed by atoms with Crippen molar-refractivity contribution < 1.29 is 17.9 Å². The number of ether oxygens (including phenoxy) is 1. The number of sulfonamides is 1. The lowest BCUT2D eigenvalue weighted by Gasteiger charge is -2.19. The third-order valence-corrected chi connectivity index (χ3v) is 6.64. The molecular formula is C21H28N2O4S. The molecule has 7 heteroatoms. The Kier molecular flexibility index (Phi) is 7.21. The van der Waals surface area contributed by atoms with Gasteiger partial charge < -0.3 is 10.1 Å². The first-order valence-electron chi connectivity index (χ1n) is 9.34. The van der Waals surface area contributed by atoms with Gasteiger partial charge in [0.15, 0.2) is 0 Å². The minimum atomic E-state index is -3.67. The Balaban J connectivity index is 2.36. The number of rotatable bonds is 8. The highest BCUT2D eigenvalue weighted by molar-refractivity contribution is 7.89. The normalized spacial score (nSPS) is 11.7. The highest BCUT2D eigenvalue weighted by Crippen LogP contribution is 2.26. The third-order valence-electron chi connectivity index (χ3n) is 4.59. The summed E-state index contributed by atoms with van der Waals surface area (Å²) in [5, 5.41) is 2.81. The maximum absolute atomic E-state index is 12.8. The molecule has 152 valence electrons. The molecule has 0 spiro atoms. The van der Waals surface area contributed by atoms with E-state index in [4.69, 9.17) is 4.74 Å². The molecule has 28 heavy (non-hydrogen) atoms. The van der Waals surface area contributed by atoms with Crippen molar-refractivity contribution in [2.24, 2.45) is 0 Å². The van der Waals surface area contributed by atoms with E-state index in [2.05, 4.69) is 19.2 Å². The lowest BCUT2D eigenvalue weighted by atomic mass is 10.0. The molecule has 0 unspecified atom stereocenters. The lowest BCUT2D eigenvalue weighted by Crippen LogP contribution is -2.30. The smallest absolute Gasteiger partial charge is 0.259 e. The van der Waals surface area contributed by atoms with E-state index >= 15 is 0 Å². The van der Waals surface area contributed by atoms with Crippen LogP contribution in [-0.2, 0) is 10.0 Å². The molecule has 0 aliphatic heterocycles. The van der Waals surface area contributed by atoms with Gasteiger partial charge in [-0.1, -0.05) is 39.8 Å². The van der Waals surface area contributed by atoms with Gasteiger partial charge in [-0.3, -0.25) is 4.79 Å². The highest BCUT2D eigenvalue weighted by Gasteiger charge is 2.24. The predicted molar refractivity (Wildman–Crippen MR) is 112 cm³/mol. The van der Waals surface area contributed by atoms with Crippen molar-refractivity contribution in [3.63, 3.8) is 0 Å². The number of carbonyl (C=O) groups is 1. The van der Waals surface area contributed by atoms with Gasteiger partial charge >= 0.3 is 0 Å². The minimum Gasteiger partial charge on any atom is -0.496 e. The third kappa shape index (κ3) is 4.72. The Morgan fingerprint density at radius 3 is 2.18 bits per heavy atom. The van der Waals surface area contributed by atoms with E-state index < -0.39 is 15.9 Å². The summed E-state index contributed by atoms with van der Waals surface area (Å²) in [5.41, 5.74) is 1.97. The second kappa shape index (κ2) is 9.21. The summed E-state index contributed by atoms with van der Waals surface area (Å²) in [4.78, 5) is 12.9. The summed E-state index contributed by atoms with van der Waals surface area (Å²) in [6.07, 6.45) is 0. The average molecular weight is 405 g/mol. The number of nitrogens with one attached hydrogen (secondary N) is 1. The van der Waals surface area contributed by atoms with Gasteiger partial charge in [-0.05, 0) is 41.8 Å². The summed E-state index contributed by atoms with van der Waals surface area (Å²) in [6, 6.07) is 11.9. The fraction of sp³-hybridized carbons (Fsp3) is 0.381. The van der Waals surface area contributed by atoms with Crippen LogP contribution in [0.15, 0.2) is 47.4 Å². The summed E-state index contributed by atoms with van der Waals surface area (Å²) in [6.45, 7) is 8.46. The fourth-order valence-corrected chi connectivity index (χ4v) is 4.37. The van der Waals surface area contributed by atoms with Gasteiger partial charge in [-0.25, -0.2) is 8.42 Å². The molecular weight excluding hydrogens is 376 g/mol. The molecule has 1 N–H and O–H groups in total. The van der Waals surface area contributed by atoms with Crippen molar-refractivity contribution in [2.75, 3.05) is 25.5 Å². The van der Waals surface area contributed by atoms with E-state index in [1.165, 1.54) is 35.2 Å². The Bertz CT molecular complexity index is 918.